The third kappa shape index (κ3) is 4.67. The lowest BCUT2D eigenvalue weighted by molar-refractivity contribution is -0.142. The number of hydrogen-bond donors (Lipinski definition) is 2. The highest BCUT2D eigenvalue weighted by Crippen LogP contribution is 2.39. The third-order valence-corrected chi connectivity index (χ3v) is 6.76. The summed E-state index contributed by atoms with van der Waals surface area (Å²) in [6, 6.07) is 18.2. The van der Waals surface area contributed by atoms with Gasteiger partial charge in [0.25, 0.3) is 0 Å². The Morgan fingerprint density at radius 2 is 1.84 bits per heavy atom. The molecule has 31 heavy (non-hydrogen) atoms. The molecule has 5 heteroatoms. The lowest BCUT2D eigenvalue weighted by Gasteiger charge is -2.41. The van der Waals surface area contributed by atoms with Crippen molar-refractivity contribution in [1.82, 2.24) is 15.5 Å². The Kier molecular flexibility index (Phi) is 6.71. The molecule has 4 rings (SSSR count). The van der Waals surface area contributed by atoms with Crippen molar-refractivity contribution < 1.29 is 9.59 Å². The Labute approximate surface area is 185 Å². The van der Waals surface area contributed by atoms with Crippen LogP contribution in [0, 0.1) is 5.92 Å². The minimum atomic E-state index is -0.519. The molecule has 1 saturated heterocycles. The predicted molar refractivity (Wildman–Crippen MR) is 123 cm³/mol. The maximum absolute atomic E-state index is 13.6. The van der Waals surface area contributed by atoms with Crippen LogP contribution in [0.15, 0.2) is 54.6 Å². The topological polar surface area (TPSA) is 61.4 Å². The van der Waals surface area contributed by atoms with E-state index in [2.05, 4.69) is 35.8 Å². The van der Waals surface area contributed by atoms with Gasteiger partial charge in [-0.25, -0.2) is 0 Å². The van der Waals surface area contributed by atoms with Crippen molar-refractivity contribution >= 4 is 11.8 Å². The standard InChI is InChI=1S/C26H33N3O2/c1-18-9-8-14-24-22-13-7-6-12-20(22)16-23(26(31)29(18)24)28-25(30)21(17-27-2)15-19-10-4-3-5-11-19/h3-7,10-13,18,21,23-24,27H,8-9,14-17H2,1-2H3,(H,28,30)/t18-,21-,23+,24-/m1/s1. The Bertz CT molecular complexity index is 914. The van der Waals surface area contributed by atoms with Gasteiger partial charge in [0.1, 0.15) is 6.04 Å². The number of carbonyl (C=O) groups is 2. The molecule has 0 bridgehead atoms. The van der Waals surface area contributed by atoms with E-state index in [9.17, 15) is 9.59 Å². The fourth-order valence-corrected chi connectivity index (χ4v) is 5.21. The molecule has 2 aliphatic heterocycles. The van der Waals surface area contributed by atoms with E-state index in [1.165, 1.54) is 11.1 Å². The maximum Gasteiger partial charge on any atom is 0.246 e. The fraction of sp³-hybridized carbons (Fsp3) is 0.462. The summed E-state index contributed by atoms with van der Waals surface area (Å²) in [5.41, 5.74) is 3.55. The Hall–Kier alpha value is -2.66. The summed E-state index contributed by atoms with van der Waals surface area (Å²) < 4.78 is 0. The van der Waals surface area contributed by atoms with Crippen LogP contribution in [0.4, 0.5) is 0 Å². The molecular formula is C26H33N3O2. The molecule has 0 saturated carbocycles. The predicted octanol–water partition coefficient (Wildman–Crippen LogP) is 3.25. The van der Waals surface area contributed by atoms with Crippen molar-refractivity contribution in [2.45, 2.75) is 57.2 Å². The molecule has 2 amide bonds. The van der Waals surface area contributed by atoms with Gasteiger partial charge in [0.15, 0.2) is 0 Å². The van der Waals surface area contributed by atoms with Crippen LogP contribution in [-0.4, -0.2) is 42.4 Å². The zero-order valence-corrected chi connectivity index (χ0v) is 18.5. The Morgan fingerprint density at radius 3 is 2.61 bits per heavy atom. The van der Waals surface area contributed by atoms with Crippen LogP contribution >= 0.6 is 0 Å². The summed E-state index contributed by atoms with van der Waals surface area (Å²) in [7, 11) is 1.86. The molecule has 0 aromatic heterocycles. The van der Waals surface area contributed by atoms with Crippen molar-refractivity contribution in [1.29, 1.82) is 0 Å². The summed E-state index contributed by atoms with van der Waals surface area (Å²) in [5.74, 6) is -0.227. The second-order valence-electron chi connectivity index (χ2n) is 8.95. The van der Waals surface area contributed by atoms with Crippen LogP contribution in [0.1, 0.15) is 48.9 Å². The first-order valence-corrected chi connectivity index (χ1v) is 11.5. The van der Waals surface area contributed by atoms with Gasteiger partial charge in [0.05, 0.1) is 12.0 Å². The average molecular weight is 420 g/mol. The number of nitrogens with one attached hydrogen (secondary N) is 2. The van der Waals surface area contributed by atoms with E-state index in [0.29, 0.717) is 19.4 Å². The van der Waals surface area contributed by atoms with Gasteiger partial charge in [0, 0.05) is 19.0 Å². The van der Waals surface area contributed by atoms with Gasteiger partial charge < -0.3 is 15.5 Å². The van der Waals surface area contributed by atoms with E-state index in [1.807, 2.05) is 48.3 Å². The van der Waals surface area contributed by atoms with Gasteiger partial charge in [-0.1, -0.05) is 54.6 Å². The van der Waals surface area contributed by atoms with Crippen molar-refractivity contribution in [2.75, 3.05) is 13.6 Å². The molecule has 1 fully saturated rings. The Balaban J connectivity index is 1.57. The molecule has 2 N–H and O–H groups in total. The number of benzene rings is 2. The molecule has 0 radical (unpaired) electrons. The highest BCUT2D eigenvalue weighted by molar-refractivity contribution is 5.90. The number of rotatable bonds is 6. The van der Waals surface area contributed by atoms with Crippen LogP contribution in [-0.2, 0) is 22.4 Å². The minimum Gasteiger partial charge on any atom is -0.344 e. The number of carbonyl (C=O) groups excluding carboxylic acids is 2. The third-order valence-electron chi connectivity index (χ3n) is 6.76. The smallest absolute Gasteiger partial charge is 0.246 e. The maximum atomic E-state index is 13.6. The second kappa shape index (κ2) is 9.65. The molecular weight excluding hydrogens is 386 g/mol. The zero-order valence-electron chi connectivity index (χ0n) is 18.5. The fourth-order valence-electron chi connectivity index (χ4n) is 5.21. The molecule has 0 spiro atoms. The molecule has 4 atom stereocenters. The SMILES string of the molecule is CNC[C@@H](Cc1ccccc1)C(=O)N[C@H]1Cc2ccccc2[C@H]2CCC[C@@H](C)N2C1=O. The number of nitrogens with zero attached hydrogens (tertiary/aromatic N) is 1. The van der Waals surface area contributed by atoms with Crippen molar-refractivity contribution in [3.05, 3.63) is 71.3 Å². The van der Waals surface area contributed by atoms with Crippen molar-refractivity contribution in [3.63, 3.8) is 0 Å². The van der Waals surface area contributed by atoms with Crippen LogP contribution in [0.2, 0.25) is 0 Å². The summed E-state index contributed by atoms with van der Waals surface area (Å²) in [6.45, 7) is 2.71. The number of piperidine rings is 1. The average Bonchev–Trinajstić information content (AvgIpc) is 2.90. The van der Waals surface area contributed by atoms with Gasteiger partial charge in [-0.15, -0.1) is 0 Å². The highest BCUT2D eigenvalue weighted by Gasteiger charge is 2.40. The Morgan fingerprint density at radius 1 is 1.10 bits per heavy atom. The summed E-state index contributed by atoms with van der Waals surface area (Å²) in [4.78, 5) is 29.0. The van der Waals surface area contributed by atoms with Crippen molar-refractivity contribution in [2.24, 2.45) is 5.92 Å². The monoisotopic (exact) mass is 419 g/mol. The minimum absolute atomic E-state index is 0.0582. The lowest BCUT2D eigenvalue weighted by atomic mass is 9.90. The first kappa shape index (κ1) is 21.6. The number of fused-ring (bicyclic) bond motifs is 3. The number of hydrogen-bond acceptors (Lipinski definition) is 3. The van der Waals surface area contributed by atoms with Crippen LogP contribution in [0.5, 0.6) is 0 Å². The molecule has 5 nitrogen and oxygen atoms in total. The van der Waals surface area contributed by atoms with Crippen LogP contribution < -0.4 is 10.6 Å². The van der Waals surface area contributed by atoms with Crippen LogP contribution in [0.25, 0.3) is 0 Å². The van der Waals surface area contributed by atoms with E-state index in [4.69, 9.17) is 0 Å². The molecule has 2 aromatic rings. The second-order valence-corrected chi connectivity index (χ2v) is 8.95. The molecule has 164 valence electrons. The molecule has 0 unspecified atom stereocenters. The molecule has 2 aromatic carbocycles. The van der Waals surface area contributed by atoms with Gasteiger partial charge in [-0.2, -0.15) is 0 Å². The highest BCUT2D eigenvalue weighted by atomic mass is 16.2. The largest absolute Gasteiger partial charge is 0.344 e. The van der Waals surface area contributed by atoms with E-state index in [1.54, 1.807) is 0 Å². The molecule has 2 aliphatic rings. The molecule has 2 heterocycles. The summed E-state index contributed by atoms with van der Waals surface area (Å²) >= 11 is 0. The van der Waals surface area contributed by atoms with E-state index in [-0.39, 0.29) is 29.8 Å². The quantitative estimate of drug-likeness (QED) is 0.756. The van der Waals surface area contributed by atoms with Gasteiger partial charge in [-0.05, 0) is 56.3 Å². The van der Waals surface area contributed by atoms with E-state index >= 15 is 0 Å². The van der Waals surface area contributed by atoms with Gasteiger partial charge in [-0.3, -0.25) is 9.59 Å². The summed E-state index contributed by atoms with van der Waals surface area (Å²) in [6.07, 6.45) is 4.33. The lowest BCUT2D eigenvalue weighted by Crippen LogP contribution is -2.54. The van der Waals surface area contributed by atoms with Gasteiger partial charge in [0.2, 0.25) is 11.8 Å². The van der Waals surface area contributed by atoms with Crippen LogP contribution in [0.3, 0.4) is 0 Å². The van der Waals surface area contributed by atoms with Gasteiger partial charge >= 0.3 is 0 Å². The number of amides is 2. The van der Waals surface area contributed by atoms with E-state index < -0.39 is 6.04 Å². The summed E-state index contributed by atoms with van der Waals surface area (Å²) in [5, 5.41) is 6.28. The first-order chi connectivity index (χ1) is 15.1. The van der Waals surface area contributed by atoms with E-state index in [0.717, 1.165) is 24.8 Å². The first-order valence-electron chi connectivity index (χ1n) is 11.5. The normalized spacial score (nSPS) is 24.0. The zero-order chi connectivity index (χ0) is 21.8. The van der Waals surface area contributed by atoms with Crippen molar-refractivity contribution in [3.8, 4) is 0 Å². The molecule has 0 aliphatic carbocycles.